The number of hydrogen-bond acceptors (Lipinski definition) is 10. The number of nitrogens with two attached hydrogens (primary N) is 1. The molecule has 1 aliphatic rings. The molecule has 3 aromatic rings. The zero-order valence-corrected chi connectivity index (χ0v) is 21.0. The number of rotatable bonds is 8. The fourth-order valence-corrected chi connectivity index (χ4v) is 4.03. The second kappa shape index (κ2) is 12.8. The first-order valence-corrected chi connectivity index (χ1v) is 12.2. The average molecular weight is 534 g/mol. The number of carbonyl (C=O) groups excluding carboxylic acids is 4. The monoisotopic (exact) mass is 533 g/mol. The molecule has 0 amide bonds. The molecule has 1 fully saturated rings. The Labute approximate surface area is 224 Å². The number of esters is 4. The molecule has 4 rings (SSSR count). The summed E-state index contributed by atoms with van der Waals surface area (Å²) in [6, 6.07) is 24.4. The van der Waals surface area contributed by atoms with E-state index in [1.54, 1.807) is 66.7 Å². The SMILES string of the molecule is CC(=O)O[C@@H]1[C@@H](OC(=O)c2ccccc2)[C@H](OC(=O)c2ccccc2)[C@@H](COC(=O)c2ccccc2)O[C@H]1N. The van der Waals surface area contributed by atoms with Crippen molar-refractivity contribution in [3.05, 3.63) is 108 Å². The van der Waals surface area contributed by atoms with E-state index in [1.807, 2.05) is 0 Å². The van der Waals surface area contributed by atoms with Crippen molar-refractivity contribution < 1.29 is 42.9 Å². The Bertz CT molecular complexity index is 1280. The van der Waals surface area contributed by atoms with Crippen LogP contribution in [0.15, 0.2) is 91.0 Å². The van der Waals surface area contributed by atoms with E-state index < -0.39 is 61.1 Å². The third-order valence-corrected chi connectivity index (χ3v) is 5.87. The standard InChI is InChI=1S/C29H27NO9/c1-18(31)36-25-24(39-29(34)21-15-9-4-10-16-21)23(38-28(33)20-13-7-3-8-14-20)22(37-26(25)30)17-35-27(32)19-11-5-2-6-12-19/h2-16,22-26H,17,30H2,1H3/t22-,23-,24+,25-,26-/m1/s1. The van der Waals surface area contributed by atoms with E-state index in [1.165, 1.54) is 24.3 Å². The van der Waals surface area contributed by atoms with Crippen molar-refractivity contribution in [2.45, 2.75) is 37.6 Å². The molecule has 10 nitrogen and oxygen atoms in total. The molecular weight excluding hydrogens is 506 g/mol. The van der Waals surface area contributed by atoms with Gasteiger partial charge in [0, 0.05) is 6.92 Å². The van der Waals surface area contributed by atoms with Gasteiger partial charge >= 0.3 is 23.9 Å². The Morgan fingerprint density at radius 1 is 0.641 bits per heavy atom. The molecule has 0 aromatic heterocycles. The zero-order chi connectivity index (χ0) is 27.8. The van der Waals surface area contributed by atoms with Gasteiger partial charge in [0.25, 0.3) is 0 Å². The third-order valence-electron chi connectivity index (χ3n) is 5.87. The number of benzene rings is 3. The molecule has 202 valence electrons. The van der Waals surface area contributed by atoms with Gasteiger partial charge in [-0.1, -0.05) is 54.6 Å². The molecule has 39 heavy (non-hydrogen) atoms. The van der Waals surface area contributed by atoms with Crippen LogP contribution in [0.4, 0.5) is 0 Å². The Morgan fingerprint density at radius 3 is 1.54 bits per heavy atom. The van der Waals surface area contributed by atoms with Gasteiger partial charge in [-0.25, -0.2) is 14.4 Å². The molecule has 0 bridgehead atoms. The first kappa shape index (κ1) is 27.5. The molecule has 0 aliphatic carbocycles. The Kier molecular flexibility index (Phi) is 9.03. The van der Waals surface area contributed by atoms with Gasteiger partial charge < -0.3 is 29.4 Å². The summed E-state index contributed by atoms with van der Waals surface area (Å²) in [5.74, 6) is -2.91. The van der Waals surface area contributed by atoms with E-state index in [4.69, 9.17) is 29.4 Å². The molecule has 3 aromatic carbocycles. The molecule has 1 aliphatic heterocycles. The predicted octanol–water partition coefficient (Wildman–Crippen LogP) is 2.91. The molecule has 0 radical (unpaired) electrons. The fraction of sp³-hybridized carbons (Fsp3) is 0.241. The van der Waals surface area contributed by atoms with Gasteiger partial charge in [-0.2, -0.15) is 0 Å². The minimum atomic E-state index is -1.39. The summed E-state index contributed by atoms with van der Waals surface area (Å²) in [6.07, 6.45) is -6.54. The number of hydrogen-bond donors (Lipinski definition) is 1. The fourth-order valence-electron chi connectivity index (χ4n) is 4.03. The van der Waals surface area contributed by atoms with Gasteiger partial charge in [0.05, 0.1) is 16.7 Å². The van der Waals surface area contributed by atoms with Crippen molar-refractivity contribution in [2.75, 3.05) is 6.61 Å². The van der Waals surface area contributed by atoms with Crippen LogP contribution in [-0.4, -0.2) is 61.1 Å². The van der Waals surface area contributed by atoms with Gasteiger partial charge in [0.15, 0.2) is 18.3 Å². The first-order valence-electron chi connectivity index (χ1n) is 12.2. The average Bonchev–Trinajstić information content (AvgIpc) is 2.96. The summed E-state index contributed by atoms with van der Waals surface area (Å²) in [5, 5.41) is 0. The van der Waals surface area contributed by atoms with Crippen molar-refractivity contribution in [3.8, 4) is 0 Å². The van der Waals surface area contributed by atoms with E-state index in [0.29, 0.717) is 5.56 Å². The second-order valence-corrected chi connectivity index (χ2v) is 8.65. The molecule has 5 atom stereocenters. The van der Waals surface area contributed by atoms with Gasteiger partial charge in [-0.15, -0.1) is 0 Å². The van der Waals surface area contributed by atoms with Crippen LogP contribution in [0.25, 0.3) is 0 Å². The highest BCUT2D eigenvalue weighted by atomic mass is 16.7. The topological polar surface area (TPSA) is 140 Å². The Hall–Kier alpha value is -4.54. The maximum atomic E-state index is 13.1. The highest BCUT2D eigenvalue weighted by Gasteiger charge is 2.51. The quantitative estimate of drug-likeness (QED) is 0.339. The molecule has 0 unspecified atom stereocenters. The van der Waals surface area contributed by atoms with Crippen molar-refractivity contribution >= 4 is 23.9 Å². The molecule has 10 heteroatoms. The molecule has 0 spiro atoms. The van der Waals surface area contributed by atoms with Crippen molar-refractivity contribution in [1.82, 2.24) is 0 Å². The van der Waals surface area contributed by atoms with Crippen LogP contribution >= 0.6 is 0 Å². The zero-order valence-electron chi connectivity index (χ0n) is 21.0. The molecule has 1 saturated heterocycles. The van der Waals surface area contributed by atoms with E-state index in [2.05, 4.69) is 0 Å². The van der Waals surface area contributed by atoms with Gasteiger partial charge in [-0.3, -0.25) is 4.79 Å². The van der Waals surface area contributed by atoms with Crippen LogP contribution in [0.3, 0.4) is 0 Å². The minimum Gasteiger partial charge on any atom is -0.459 e. The molecule has 0 saturated carbocycles. The Morgan fingerprint density at radius 2 is 1.08 bits per heavy atom. The van der Waals surface area contributed by atoms with Gasteiger partial charge in [0.2, 0.25) is 0 Å². The number of carbonyl (C=O) groups is 4. The van der Waals surface area contributed by atoms with E-state index >= 15 is 0 Å². The largest absolute Gasteiger partial charge is 0.459 e. The highest BCUT2D eigenvalue weighted by Crippen LogP contribution is 2.29. The van der Waals surface area contributed by atoms with Crippen LogP contribution in [0, 0.1) is 0 Å². The molecular formula is C29H27NO9. The second-order valence-electron chi connectivity index (χ2n) is 8.65. The normalized spacial score (nSPS) is 22.3. The Balaban J connectivity index is 1.64. The van der Waals surface area contributed by atoms with Gasteiger partial charge in [-0.05, 0) is 36.4 Å². The van der Waals surface area contributed by atoms with Crippen molar-refractivity contribution in [3.63, 3.8) is 0 Å². The maximum absolute atomic E-state index is 13.1. The summed E-state index contributed by atoms with van der Waals surface area (Å²) in [5.41, 5.74) is 6.88. The smallest absolute Gasteiger partial charge is 0.338 e. The van der Waals surface area contributed by atoms with E-state index in [9.17, 15) is 19.2 Å². The van der Waals surface area contributed by atoms with Crippen LogP contribution in [-0.2, 0) is 28.5 Å². The van der Waals surface area contributed by atoms with E-state index in [0.717, 1.165) is 6.92 Å². The lowest BCUT2D eigenvalue weighted by Gasteiger charge is -2.43. The lowest BCUT2D eigenvalue weighted by molar-refractivity contribution is -0.236. The van der Waals surface area contributed by atoms with Crippen LogP contribution in [0.1, 0.15) is 38.0 Å². The first-order chi connectivity index (χ1) is 18.8. The lowest BCUT2D eigenvalue weighted by Crippen LogP contribution is -2.64. The van der Waals surface area contributed by atoms with Crippen molar-refractivity contribution in [2.24, 2.45) is 5.73 Å². The molecule has 1 heterocycles. The molecule has 2 N–H and O–H groups in total. The van der Waals surface area contributed by atoms with Crippen LogP contribution in [0.2, 0.25) is 0 Å². The summed E-state index contributed by atoms with van der Waals surface area (Å²) in [4.78, 5) is 50.6. The highest BCUT2D eigenvalue weighted by molar-refractivity contribution is 5.91. The summed E-state index contributed by atoms with van der Waals surface area (Å²) in [7, 11) is 0. The third kappa shape index (κ3) is 7.07. The summed E-state index contributed by atoms with van der Waals surface area (Å²) < 4.78 is 28.1. The van der Waals surface area contributed by atoms with Gasteiger partial charge in [0.1, 0.15) is 18.9 Å². The van der Waals surface area contributed by atoms with Crippen LogP contribution < -0.4 is 5.73 Å². The minimum absolute atomic E-state index is 0.208. The van der Waals surface area contributed by atoms with E-state index in [-0.39, 0.29) is 11.1 Å². The number of ether oxygens (including phenoxy) is 5. The summed E-state index contributed by atoms with van der Waals surface area (Å²) >= 11 is 0. The maximum Gasteiger partial charge on any atom is 0.338 e. The predicted molar refractivity (Wildman–Crippen MR) is 136 cm³/mol. The summed E-state index contributed by atoms with van der Waals surface area (Å²) in [6.45, 7) is 0.752. The lowest BCUT2D eigenvalue weighted by atomic mass is 9.97. The van der Waals surface area contributed by atoms with Crippen LogP contribution in [0.5, 0.6) is 0 Å². The van der Waals surface area contributed by atoms with Crippen molar-refractivity contribution in [1.29, 1.82) is 0 Å².